The molecule has 12 nitrogen and oxygen atoms in total. The summed E-state index contributed by atoms with van der Waals surface area (Å²) in [6.07, 6.45) is -1.49. The van der Waals surface area contributed by atoms with Gasteiger partial charge in [-0.05, 0) is 5.70 Å². The predicted molar refractivity (Wildman–Crippen MR) is 90.2 cm³/mol. The van der Waals surface area contributed by atoms with E-state index < -0.39 is 46.0 Å². The Morgan fingerprint density at radius 1 is 0.667 bits per heavy atom. The number of hydrogen-bond acceptors (Lipinski definition) is 12. The van der Waals surface area contributed by atoms with Gasteiger partial charge in [-0.1, -0.05) is 6.58 Å². The fourth-order valence-corrected chi connectivity index (χ4v) is 3.78. The second-order valence-corrected chi connectivity index (χ2v) is 7.80. The van der Waals surface area contributed by atoms with Crippen LogP contribution in [0.3, 0.4) is 0 Å². The highest BCUT2D eigenvalue weighted by atomic mass is 28.4. The van der Waals surface area contributed by atoms with E-state index in [4.69, 9.17) is 27.5 Å². The quantitative estimate of drug-likeness (QED) is 0.117. The van der Waals surface area contributed by atoms with Gasteiger partial charge in [-0.2, -0.15) is 0 Å². The lowest BCUT2D eigenvalue weighted by Crippen LogP contribution is -2.61. The zero-order chi connectivity index (χ0) is 21.2. The summed E-state index contributed by atoms with van der Waals surface area (Å²) in [5.74, 6) is -8.78. The van der Waals surface area contributed by atoms with Crippen LogP contribution in [-0.2, 0) is 27.5 Å². The van der Waals surface area contributed by atoms with Crippen LogP contribution in [0, 0.1) is 0 Å². The summed E-state index contributed by atoms with van der Waals surface area (Å²) in [6, 6.07) is 0. The zero-order valence-electron chi connectivity index (χ0n) is 15.7. The Morgan fingerprint density at radius 3 is 1.11 bits per heavy atom. The molecule has 0 aromatic rings. The monoisotopic (exact) mass is 418 g/mol. The summed E-state index contributed by atoms with van der Waals surface area (Å²) in [7, 11) is -0.825. The predicted octanol–water partition coefficient (Wildman–Crippen LogP) is -2.27. The smallest absolute Gasteiger partial charge is 0.384 e. The van der Waals surface area contributed by atoms with E-state index in [0.29, 0.717) is 0 Å². The van der Waals surface area contributed by atoms with Crippen molar-refractivity contribution in [1.29, 1.82) is 0 Å². The lowest BCUT2D eigenvalue weighted by molar-refractivity contribution is -0.378. The van der Waals surface area contributed by atoms with Gasteiger partial charge in [0, 0.05) is 21.3 Å². The van der Waals surface area contributed by atoms with Crippen molar-refractivity contribution >= 4 is 8.80 Å². The molecular weight excluding hydrogens is 388 g/mol. The van der Waals surface area contributed by atoms with Crippen LogP contribution < -0.4 is 0 Å². The summed E-state index contributed by atoms with van der Waals surface area (Å²) in [5, 5.41) is 59.8. The highest BCUT2D eigenvalue weighted by molar-refractivity contribution is 6.66. The van der Waals surface area contributed by atoms with E-state index in [9.17, 15) is 30.6 Å². The van der Waals surface area contributed by atoms with Crippen molar-refractivity contribution in [2.45, 2.75) is 37.2 Å². The Balaban J connectivity index is 5.62. The van der Waals surface area contributed by atoms with Crippen LogP contribution in [0.1, 0.15) is 19.3 Å². The van der Waals surface area contributed by atoms with Gasteiger partial charge in [-0.3, -0.25) is 0 Å². The van der Waals surface area contributed by atoms with Crippen molar-refractivity contribution < 1.29 is 58.1 Å². The second-order valence-electron chi connectivity index (χ2n) is 5.57. The number of rotatable bonds is 16. The maximum atomic E-state index is 9.96. The topological polar surface area (TPSA) is 177 Å². The molecule has 0 aromatic heterocycles. The molecule has 0 spiro atoms. The molecule has 0 radical (unpaired) electrons. The van der Waals surface area contributed by atoms with Gasteiger partial charge in [0.2, 0.25) is 0 Å². The highest BCUT2D eigenvalue weighted by Gasteiger charge is 2.54. The molecule has 162 valence electrons. The van der Waals surface area contributed by atoms with Crippen molar-refractivity contribution in [3.8, 4) is 0 Å². The van der Waals surface area contributed by atoms with E-state index in [1.165, 1.54) is 21.3 Å². The first-order valence-electron chi connectivity index (χ1n) is 7.91. The molecule has 0 saturated carbocycles. The third-order valence-electron chi connectivity index (χ3n) is 3.06. The first kappa shape index (κ1) is 26.5. The Hall–Kier alpha value is -0.523. The number of methoxy groups -OCH3 is 3. The van der Waals surface area contributed by atoms with Gasteiger partial charge in [0.15, 0.2) is 0 Å². The summed E-state index contributed by atoms with van der Waals surface area (Å²) in [6.45, 7) is 2.88. The van der Waals surface area contributed by atoms with E-state index in [0.717, 1.165) is 5.70 Å². The molecule has 6 N–H and O–H groups in total. The summed E-state index contributed by atoms with van der Waals surface area (Å²) >= 11 is 0. The van der Waals surface area contributed by atoms with Gasteiger partial charge in [0.25, 0.3) is 17.9 Å². The van der Waals surface area contributed by atoms with Gasteiger partial charge in [0.1, 0.15) is 0 Å². The van der Waals surface area contributed by atoms with Gasteiger partial charge >= 0.3 is 8.80 Å². The van der Waals surface area contributed by atoms with Crippen LogP contribution in [0.15, 0.2) is 12.3 Å². The molecule has 13 heteroatoms. The molecule has 0 fully saturated rings. The largest absolute Gasteiger partial charge is 0.540 e. The molecule has 0 unspecified atom stereocenters. The SMILES string of the molecule is C=C[Si](OC(O)(O)CCOC)(OC(O)(O)CCOC)OC(O)(O)CCOC. The molecule has 0 saturated heterocycles. The van der Waals surface area contributed by atoms with E-state index in [-0.39, 0.29) is 19.8 Å². The van der Waals surface area contributed by atoms with Crippen LogP contribution in [0.25, 0.3) is 0 Å². The van der Waals surface area contributed by atoms with E-state index >= 15 is 0 Å². The molecular formula is C14H30O12Si. The van der Waals surface area contributed by atoms with E-state index in [1.807, 2.05) is 0 Å². The molecule has 0 aliphatic carbocycles. The highest BCUT2D eigenvalue weighted by Crippen LogP contribution is 2.29. The van der Waals surface area contributed by atoms with Crippen LogP contribution in [0.2, 0.25) is 0 Å². The molecule has 27 heavy (non-hydrogen) atoms. The van der Waals surface area contributed by atoms with Gasteiger partial charge in [-0.15, -0.1) is 0 Å². The molecule has 0 aliphatic heterocycles. The Labute approximate surface area is 158 Å². The Morgan fingerprint density at radius 2 is 0.926 bits per heavy atom. The lowest BCUT2D eigenvalue weighted by atomic mass is 10.4. The summed E-state index contributed by atoms with van der Waals surface area (Å²) in [5.41, 5.74) is 0.767. The van der Waals surface area contributed by atoms with E-state index in [1.54, 1.807) is 0 Å². The van der Waals surface area contributed by atoms with Gasteiger partial charge < -0.3 is 58.1 Å². The van der Waals surface area contributed by atoms with Crippen molar-refractivity contribution in [2.24, 2.45) is 0 Å². The number of ether oxygens (including phenoxy) is 3. The fourth-order valence-electron chi connectivity index (χ4n) is 1.73. The summed E-state index contributed by atoms with van der Waals surface area (Å²) < 4.78 is 29.1. The number of aliphatic hydroxyl groups is 6. The molecule has 0 aliphatic rings. The molecule has 0 aromatic carbocycles. The Bertz CT molecular complexity index is 373. The van der Waals surface area contributed by atoms with Crippen molar-refractivity contribution in [3.05, 3.63) is 12.3 Å². The minimum Gasteiger partial charge on any atom is -0.384 e. The minimum absolute atomic E-state index is 0.158. The first-order valence-corrected chi connectivity index (χ1v) is 9.72. The van der Waals surface area contributed by atoms with Crippen LogP contribution in [0.5, 0.6) is 0 Å². The first-order chi connectivity index (χ1) is 12.4. The maximum Gasteiger partial charge on any atom is 0.540 e. The minimum atomic E-state index is -4.73. The van der Waals surface area contributed by atoms with Crippen LogP contribution in [-0.4, -0.2) is 98.5 Å². The maximum absolute atomic E-state index is 9.96. The standard InChI is InChI=1S/C14H30O12Si/c1-5-27(24-12(15,16)6-9-21-2,25-13(17,18)7-10-22-3)26-14(19,20)8-11-23-4/h5,15-20H,1,6-11H2,2-4H3. The Kier molecular flexibility index (Phi) is 11.2. The number of hydrogen-bond donors (Lipinski definition) is 6. The van der Waals surface area contributed by atoms with Crippen LogP contribution in [0.4, 0.5) is 0 Å². The normalized spacial score (nSPS) is 13.8. The lowest BCUT2D eigenvalue weighted by Gasteiger charge is -2.39. The van der Waals surface area contributed by atoms with Crippen molar-refractivity contribution in [2.75, 3.05) is 41.2 Å². The van der Waals surface area contributed by atoms with Gasteiger partial charge in [0.05, 0.1) is 39.1 Å². The van der Waals surface area contributed by atoms with Crippen molar-refractivity contribution in [3.63, 3.8) is 0 Å². The van der Waals surface area contributed by atoms with Gasteiger partial charge in [-0.25, -0.2) is 0 Å². The zero-order valence-corrected chi connectivity index (χ0v) is 16.7. The summed E-state index contributed by atoms with van der Waals surface area (Å²) in [4.78, 5) is 0. The second kappa shape index (κ2) is 11.5. The van der Waals surface area contributed by atoms with E-state index in [2.05, 4.69) is 6.58 Å². The van der Waals surface area contributed by atoms with Crippen molar-refractivity contribution in [1.82, 2.24) is 0 Å². The third-order valence-corrected chi connectivity index (χ3v) is 5.40. The molecule has 0 atom stereocenters. The molecule has 0 rings (SSSR count). The molecule has 0 amide bonds. The third kappa shape index (κ3) is 11.2. The van der Waals surface area contributed by atoms with Crippen LogP contribution >= 0.6 is 0 Å². The average molecular weight is 418 g/mol. The fraction of sp³-hybridized carbons (Fsp3) is 0.857. The average Bonchev–Trinajstić information content (AvgIpc) is 2.55. The molecule has 0 heterocycles. The molecule has 0 bridgehead atoms.